The molecule has 0 unspecified atom stereocenters. The van der Waals surface area contributed by atoms with E-state index in [1.54, 1.807) is 0 Å². The Kier molecular flexibility index (Phi) is 6.56. The van der Waals surface area contributed by atoms with Gasteiger partial charge in [-0.3, -0.25) is 0 Å². The molecule has 2 aromatic heterocycles. The first-order valence-electron chi connectivity index (χ1n) is 18.4. The maximum absolute atomic E-state index is 6.46. The molecule has 2 heterocycles. The largest absolute Gasteiger partial charge is 0.456 e. The summed E-state index contributed by atoms with van der Waals surface area (Å²) in [5, 5.41) is 4.47. The minimum Gasteiger partial charge on any atom is -0.456 e. The van der Waals surface area contributed by atoms with Crippen molar-refractivity contribution in [2.45, 2.75) is 19.3 Å². The third-order valence-electron chi connectivity index (χ3n) is 11.3. The van der Waals surface area contributed by atoms with Crippen LogP contribution >= 0.6 is 0 Å². The highest BCUT2D eigenvalue weighted by Crippen LogP contribution is 2.51. The molecule has 1 aliphatic rings. The third-order valence-corrected chi connectivity index (χ3v) is 11.3. The van der Waals surface area contributed by atoms with E-state index in [1.165, 1.54) is 44.2 Å². The molecule has 11 rings (SSSR count). The Labute approximate surface area is 312 Å². The van der Waals surface area contributed by atoms with Gasteiger partial charge in [-0.1, -0.05) is 117 Å². The predicted octanol–water partition coefficient (Wildman–Crippen LogP) is 14.0. The molecule has 0 atom stereocenters. The average Bonchev–Trinajstić information content (AvgIpc) is 3.86. The van der Waals surface area contributed by atoms with Crippen LogP contribution in [0.5, 0.6) is 0 Å². The van der Waals surface area contributed by atoms with Crippen molar-refractivity contribution in [2.24, 2.45) is 0 Å². The third kappa shape index (κ3) is 4.66. The highest BCUT2D eigenvalue weighted by Gasteiger charge is 2.35. The first kappa shape index (κ1) is 30.7. The van der Waals surface area contributed by atoms with E-state index in [0.29, 0.717) is 5.89 Å². The molecule has 0 spiro atoms. The zero-order chi connectivity index (χ0) is 36.0. The maximum atomic E-state index is 6.46. The standard InChI is InChI=1S/C50H34N2O2/c1-50(2)43-21-9-8-19-39(43)40-27-35(22-24-44(40)50)52(34-17-10-16-33(26-34)38-20-11-15-31-12-6-7-18-37(31)38)36-23-25-46-41(28-36)42-29-48-45(30-47(42)53-46)51-49(54-48)32-13-4-3-5-14-32/h3-30H,1-2H3. The summed E-state index contributed by atoms with van der Waals surface area (Å²) in [7, 11) is 0. The molecule has 1 aliphatic carbocycles. The molecular formula is C50H34N2O2. The van der Waals surface area contributed by atoms with Crippen molar-refractivity contribution in [3.63, 3.8) is 0 Å². The lowest BCUT2D eigenvalue weighted by Gasteiger charge is -2.27. The first-order chi connectivity index (χ1) is 26.5. The lowest BCUT2D eigenvalue weighted by molar-refractivity contribution is 0.620. The van der Waals surface area contributed by atoms with Crippen LogP contribution in [0.15, 0.2) is 179 Å². The molecule has 0 N–H and O–H groups in total. The van der Waals surface area contributed by atoms with Crippen molar-refractivity contribution in [3.05, 3.63) is 181 Å². The minimum atomic E-state index is -0.0788. The predicted molar refractivity (Wildman–Crippen MR) is 222 cm³/mol. The van der Waals surface area contributed by atoms with Crippen molar-refractivity contribution >= 4 is 60.9 Å². The molecule has 54 heavy (non-hydrogen) atoms. The number of rotatable bonds is 5. The Morgan fingerprint density at radius 1 is 0.444 bits per heavy atom. The van der Waals surface area contributed by atoms with Gasteiger partial charge in [-0.2, -0.15) is 0 Å². The number of oxazole rings is 1. The number of hydrogen-bond donors (Lipinski definition) is 0. The van der Waals surface area contributed by atoms with E-state index in [1.807, 2.05) is 36.4 Å². The fourth-order valence-corrected chi connectivity index (χ4v) is 8.61. The Balaban J connectivity index is 1.11. The van der Waals surface area contributed by atoms with Gasteiger partial charge >= 0.3 is 0 Å². The Bertz CT molecular complexity index is 3090. The SMILES string of the molecule is CC1(C)c2ccccc2-c2cc(N(c3cccc(-c4cccc5ccccc45)c3)c3ccc4oc5cc6nc(-c7ccccc7)oc6cc5c4c3)ccc21. The molecule has 0 saturated heterocycles. The Hall–Kier alpha value is -6.91. The number of furan rings is 1. The summed E-state index contributed by atoms with van der Waals surface area (Å²) in [5.74, 6) is 0.599. The number of hydrogen-bond acceptors (Lipinski definition) is 4. The van der Waals surface area contributed by atoms with E-state index in [-0.39, 0.29) is 5.41 Å². The van der Waals surface area contributed by atoms with Gasteiger partial charge in [-0.15, -0.1) is 0 Å². The van der Waals surface area contributed by atoms with Crippen LogP contribution in [0.2, 0.25) is 0 Å². The van der Waals surface area contributed by atoms with Crippen LogP contribution in [0.3, 0.4) is 0 Å². The summed E-state index contributed by atoms with van der Waals surface area (Å²) in [6, 6.07) is 60.4. The van der Waals surface area contributed by atoms with Crippen LogP contribution < -0.4 is 4.90 Å². The van der Waals surface area contributed by atoms with Crippen LogP contribution in [0, 0.1) is 0 Å². The summed E-state index contributed by atoms with van der Waals surface area (Å²) < 4.78 is 12.8. The molecule has 0 bridgehead atoms. The number of benzene rings is 8. The van der Waals surface area contributed by atoms with E-state index in [9.17, 15) is 0 Å². The Morgan fingerprint density at radius 3 is 2.06 bits per heavy atom. The molecule has 8 aromatic carbocycles. The van der Waals surface area contributed by atoms with E-state index in [0.717, 1.165) is 55.7 Å². The van der Waals surface area contributed by atoms with E-state index < -0.39 is 0 Å². The summed E-state index contributed by atoms with van der Waals surface area (Å²) in [5.41, 5.74) is 14.8. The fraction of sp³-hybridized carbons (Fsp3) is 0.0600. The van der Waals surface area contributed by atoms with Crippen molar-refractivity contribution in [1.82, 2.24) is 4.98 Å². The van der Waals surface area contributed by atoms with Gasteiger partial charge in [0.1, 0.15) is 16.7 Å². The average molecular weight is 695 g/mol. The highest BCUT2D eigenvalue weighted by molar-refractivity contribution is 6.10. The number of anilines is 3. The minimum absolute atomic E-state index is 0.0788. The smallest absolute Gasteiger partial charge is 0.227 e. The van der Waals surface area contributed by atoms with Crippen molar-refractivity contribution < 1.29 is 8.83 Å². The summed E-state index contributed by atoms with van der Waals surface area (Å²) in [6.07, 6.45) is 0. The summed E-state index contributed by atoms with van der Waals surface area (Å²) >= 11 is 0. The van der Waals surface area contributed by atoms with Crippen LogP contribution in [-0.2, 0) is 5.41 Å². The van der Waals surface area contributed by atoms with Gasteiger partial charge in [0.05, 0.1) is 0 Å². The summed E-state index contributed by atoms with van der Waals surface area (Å²) in [6.45, 7) is 4.66. The number of aromatic nitrogens is 1. The van der Waals surface area contributed by atoms with Crippen molar-refractivity contribution in [1.29, 1.82) is 0 Å². The second-order valence-electron chi connectivity index (χ2n) is 14.8. The molecule has 0 saturated carbocycles. The molecule has 4 heteroatoms. The quantitative estimate of drug-likeness (QED) is 0.180. The van der Waals surface area contributed by atoms with Crippen LogP contribution in [0.1, 0.15) is 25.0 Å². The molecule has 256 valence electrons. The van der Waals surface area contributed by atoms with E-state index in [4.69, 9.17) is 13.8 Å². The zero-order valence-corrected chi connectivity index (χ0v) is 29.9. The van der Waals surface area contributed by atoms with Gasteiger partial charge in [0, 0.05) is 44.9 Å². The normalized spacial score (nSPS) is 13.1. The molecule has 0 radical (unpaired) electrons. The lowest BCUT2D eigenvalue weighted by atomic mass is 9.82. The fourth-order valence-electron chi connectivity index (χ4n) is 8.61. The first-order valence-corrected chi connectivity index (χ1v) is 18.4. The summed E-state index contributed by atoms with van der Waals surface area (Å²) in [4.78, 5) is 7.18. The topological polar surface area (TPSA) is 42.4 Å². The number of nitrogens with zero attached hydrogens (tertiary/aromatic N) is 2. The highest BCUT2D eigenvalue weighted by atomic mass is 16.4. The lowest BCUT2D eigenvalue weighted by Crippen LogP contribution is -2.15. The molecule has 10 aromatic rings. The molecule has 4 nitrogen and oxygen atoms in total. The van der Waals surface area contributed by atoms with E-state index in [2.05, 4.69) is 152 Å². The van der Waals surface area contributed by atoms with Crippen molar-refractivity contribution in [2.75, 3.05) is 4.90 Å². The van der Waals surface area contributed by atoms with Crippen molar-refractivity contribution in [3.8, 4) is 33.7 Å². The molecule has 0 amide bonds. The van der Waals surface area contributed by atoms with Crippen LogP contribution in [0.25, 0.3) is 77.5 Å². The van der Waals surface area contributed by atoms with Crippen LogP contribution in [-0.4, -0.2) is 4.98 Å². The van der Waals surface area contributed by atoms with E-state index >= 15 is 0 Å². The monoisotopic (exact) mass is 694 g/mol. The van der Waals surface area contributed by atoms with Gasteiger partial charge < -0.3 is 13.7 Å². The van der Waals surface area contributed by atoms with Crippen LogP contribution in [0.4, 0.5) is 17.1 Å². The second kappa shape index (κ2) is 11.5. The molecule has 0 fully saturated rings. The second-order valence-corrected chi connectivity index (χ2v) is 14.8. The molecular weight excluding hydrogens is 661 g/mol. The van der Waals surface area contributed by atoms with Gasteiger partial charge in [-0.25, -0.2) is 4.98 Å². The number of fused-ring (bicyclic) bond motifs is 8. The molecule has 0 aliphatic heterocycles. The van der Waals surface area contributed by atoms with Gasteiger partial charge in [0.2, 0.25) is 5.89 Å². The van der Waals surface area contributed by atoms with Gasteiger partial charge in [-0.05, 0) is 105 Å². The Morgan fingerprint density at radius 2 is 1.13 bits per heavy atom. The van der Waals surface area contributed by atoms with Gasteiger partial charge in [0.15, 0.2) is 5.58 Å². The maximum Gasteiger partial charge on any atom is 0.227 e. The van der Waals surface area contributed by atoms with Gasteiger partial charge in [0.25, 0.3) is 0 Å². The zero-order valence-electron chi connectivity index (χ0n) is 29.9.